The number of ether oxygens (including phenoxy) is 1. The van der Waals surface area contributed by atoms with Crippen LogP contribution in [0.1, 0.15) is 23.0 Å². The number of furan rings is 1. The topological polar surface area (TPSA) is 85.7 Å². The zero-order valence-corrected chi connectivity index (χ0v) is 11.8. The predicted octanol–water partition coefficient (Wildman–Crippen LogP) is 3.25. The van der Waals surface area contributed by atoms with E-state index in [0.717, 1.165) is 10.6 Å². The Kier molecular flexibility index (Phi) is 4.57. The van der Waals surface area contributed by atoms with Gasteiger partial charge in [-0.2, -0.15) is 0 Å². The van der Waals surface area contributed by atoms with Crippen LogP contribution in [0.5, 0.6) is 5.75 Å². The first-order valence-electron chi connectivity index (χ1n) is 6.06. The van der Waals surface area contributed by atoms with Crippen LogP contribution in [0.3, 0.4) is 0 Å². The lowest BCUT2D eigenvalue weighted by atomic mass is 10.3. The third kappa shape index (κ3) is 3.48. The van der Waals surface area contributed by atoms with Gasteiger partial charge in [-0.1, -0.05) is 0 Å². The molecule has 106 valence electrons. The molecule has 1 aromatic carbocycles. The summed E-state index contributed by atoms with van der Waals surface area (Å²) in [5.74, 6) is 0.860. The van der Waals surface area contributed by atoms with Crippen molar-refractivity contribution in [3.8, 4) is 5.75 Å². The Morgan fingerprint density at radius 3 is 2.90 bits per heavy atom. The second-order valence-corrected chi connectivity index (χ2v) is 5.05. The Hall–Kier alpha value is -2.08. The molecule has 0 radical (unpaired) electrons. The zero-order valence-electron chi connectivity index (χ0n) is 11.0. The molecule has 1 heterocycles. The fourth-order valence-electron chi connectivity index (χ4n) is 1.61. The van der Waals surface area contributed by atoms with Gasteiger partial charge in [0.25, 0.3) is 0 Å². The minimum absolute atomic E-state index is 0.150. The van der Waals surface area contributed by atoms with E-state index >= 15 is 0 Å². The number of carboxylic acid groups (broad SMARTS) is 1. The molecule has 1 aromatic heterocycles. The standard InChI is InChI=1S/C14H15NO4S/c1-2-18-10-3-4-12(15)13(6-10)20-8-11-5-9(7-19-11)14(16)17/h3-7H,2,8,15H2,1H3,(H,16,17). The molecule has 0 amide bonds. The highest BCUT2D eigenvalue weighted by atomic mass is 32.2. The van der Waals surface area contributed by atoms with Crippen LogP contribution < -0.4 is 10.5 Å². The molecule has 0 fully saturated rings. The second-order valence-electron chi connectivity index (χ2n) is 4.03. The normalized spacial score (nSPS) is 10.4. The van der Waals surface area contributed by atoms with Crippen molar-refractivity contribution < 1.29 is 19.1 Å². The fourth-order valence-corrected chi connectivity index (χ4v) is 2.50. The maximum Gasteiger partial charge on any atom is 0.338 e. The Morgan fingerprint density at radius 1 is 1.45 bits per heavy atom. The van der Waals surface area contributed by atoms with E-state index in [1.165, 1.54) is 24.1 Å². The van der Waals surface area contributed by atoms with Crippen molar-refractivity contribution in [3.63, 3.8) is 0 Å². The van der Waals surface area contributed by atoms with E-state index in [2.05, 4.69) is 0 Å². The molecule has 0 aliphatic rings. The Balaban J connectivity index is 2.05. The van der Waals surface area contributed by atoms with Gasteiger partial charge >= 0.3 is 5.97 Å². The molecule has 20 heavy (non-hydrogen) atoms. The van der Waals surface area contributed by atoms with Gasteiger partial charge in [0, 0.05) is 10.6 Å². The fraction of sp³-hybridized carbons (Fsp3) is 0.214. The third-order valence-corrected chi connectivity index (χ3v) is 3.66. The number of benzene rings is 1. The van der Waals surface area contributed by atoms with Gasteiger partial charge in [-0.15, -0.1) is 11.8 Å². The molecule has 3 N–H and O–H groups in total. The number of anilines is 1. The van der Waals surface area contributed by atoms with Crippen molar-refractivity contribution in [2.45, 2.75) is 17.6 Å². The summed E-state index contributed by atoms with van der Waals surface area (Å²) in [6.07, 6.45) is 1.23. The van der Waals surface area contributed by atoms with Crippen LogP contribution in [-0.2, 0) is 5.75 Å². The van der Waals surface area contributed by atoms with Gasteiger partial charge < -0.3 is 20.0 Å². The van der Waals surface area contributed by atoms with E-state index < -0.39 is 5.97 Å². The van der Waals surface area contributed by atoms with Crippen molar-refractivity contribution in [1.29, 1.82) is 0 Å². The van der Waals surface area contributed by atoms with Crippen LogP contribution in [-0.4, -0.2) is 17.7 Å². The molecule has 0 bridgehead atoms. The van der Waals surface area contributed by atoms with E-state index in [9.17, 15) is 4.79 Å². The molecule has 0 aliphatic carbocycles. The van der Waals surface area contributed by atoms with Crippen LogP contribution in [0.4, 0.5) is 5.69 Å². The summed E-state index contributed by atoms with van der Waals surface area (Å²) in [5.41, 5.74) is 6.71. The minimum Gasteiger partial charge on any atom is -0.494 e. The first kappa shape index (κ1) is 14.3. The van der Waals surface area contributed by atoms with Crippen LogP contribution >= 0.6 is 11.8 Å². The summed E-state index contributed by atoms with van der Waals surface area (Å²) in [7, 11) is 0. The SMILES string of the molecule is CCOc1ccc(N)c(SCc2cc(C(=O)O)co2)c1. The Morgan fingerprint density at radius 2 is 2.25 bits per heavy atom. The molecular formula is C14H15NO4S. The zero-order chi connectivity index (χ0) is 14.5. The van der Waals surface area contributed by atoms with Gasteiger partial charge in [-0.3, -0.25) is 0 Å². The largest absolute Gasteiger partial charge is 0.494 e. The van der Waals surface area contributed by atoms with E-state index in [4.69, 9.17) is 20.0 Å². The molecule has 0 unspecified atom stereocenters. The molecule has 5 nitrogen and oxygen atoms in total. The molecular weight excluding hydrogens is 278 g/mol. The summed E-state index contributed by atoms with van der Waals surface area (Å²) < 4.78 is 10.6. The lowest BCUT2D eigenvalue weighted by Crippen LogP contribution is -1.94. The summed E-state index contributed by atoms with van der Waals surface area (Å²) in [6, 6.07) is 6.99. The summed E-state index contributed by atoms with van der Waals surface area (Å²) >= 11 is 1.47. The molecule has 0 saturated heterocycles. The maximum absolute atomic E-state index is 10.8. The summed E-state index contributed by atoms with van der Waals surface area (Å²) in [6.45, 7) is 2.51. The van der Waals surface area contributed by atoms with Crippen LogP contribution in [0.2, 0.25) is 0 Å². The highest BCUT2D eigenvalue weighted by Crippen LogP contribution is 2.31. The van der Waals surface area contributed by atoms with Crippen molar-refractivity contribution >= 4 is 23.4 Å². The average molecular weight is 293 g/mol. The second kappa shape index (κ2) is 6.38. The van der Waals surface area contributed by atoms with Crippen molar-refractivity contribution in [2.24, 2.45) is 0 Å². The van der Waals surface area contributed by atoms with E-state index in [1.807, 2.05) is 19.1 Å². The number of carbonyl (C=O) groups is 1. The van der Waals surface area contributed by atoms with Gasteiger partial charge in [-0.25, -0.2) is 4.79 Å². The number of aromatic carboxylic acids is 1. The summed E-state index contributed by atoms with van der Waals surface area (Å²) in [5, 5.41) is 8.82. The van der Waals surface area contributed by atoms with Gasteiger partial charge in [0.1, 0.15) is 17.8 Å². The monoisotopic (exact) mass is 293 g/mol. The van der Waals surface area contributed by atoms with Gasteiger partial charge in [0.05, 0.1) is 17.9 Å². The first-order valence-corrected chi connectivity index (χ1v) is 7.04. The molecule has 0 aliphatic heterocycles. The maximum atomic E-state index is 10.8. The number of nitrogen functional groups attached to an aromatic ring is 1. The molecule has 0 spiro atoms. The lowest BCUT2D eigenvalue weighted by Gasteiger charge is -2.08. The first-order chi connectivity index (χ1) is 9.60. The Labute approximate surface area is 120 Å². The van der Waals surface area contributed by atoms with Gasteiger partial charge in [-0.05, 0) is 31.2 Å². The predicted molar refractivity (Wildman–Crippen MR) is 77.3 cm³/mol. The van der Waals surface area contributed by atoms with Gasteiger partial charge in [0.2, 0.25) is 0 Å². The van der Waals surface area contributed by atoms with Crippen molar-refractivity contribution in [3.05, 3.63) is 41.9 Å². The molecule has 2 aromatic rings. The van der Waals surface area contributed by atoms with E-state index in [-0.39, 0.29) is 5.56 Å². The molecule has 2 rings (SSSR count). The third-order valence-electron chi connectivity index (χ3n) is 2.57. The number of carboxylic acids is 1. The highest BCUT2D eigenvalue weighted by molar-refractivity contribution is 7.98. The van der Waals surface area contributed by atoms with Crippen LogP contribution in [0.15, 0.2) is 39.8 Å². The quantitative estimate of drug-likeness (QED) is 0.628. The molecule has 6 heteroatoms. The van der Waals surface area contributed by atoms with Crippen LogP contribution in [0, 0.1) is 0 Å². The van der Waals surface area contributed by atoms with Crippen molar-refractivity contribution in [2.75, 3.05) is 12.3 Å². The highest BCUT2D eigenvalue weighted by Gasteiger charge is 2.10. The average Bonchev–Trinajstić information content (AvgIpc) is 2.89. The molecule has 0 saturated carbocycles. The van der Waals surface area contributed by atoms with Crippen LogP contribution in [0.25, 0.3) is 0 Å². The minimum atomic E-state index is -0.997. The Bertz CT molecular complexity index is 609. The number of hydrogen-bond donors (Lipinski definition) is 2. The lowest BCUT2D eigenvalue weighted by molar-refractivity contribution is 0.0696. The number of rotatable bonds is 6. The summed E-state index contributed by atoms with van der Waals surface area (Å²) in [4.78, 5) is 11.6. The van der Waals surface area contributed by atoms with E-state index in [1.54, 1.807) is 6.07 Å². The number of thioether (sulfide) groups is 1. The van der Waals surface area contributed by atoms with E-state index in [0.29, 0.717) is 23.8 Å². The molecule has 0 atom stereocenters. The van der Waals surface area contributed by atoms with Gasteiger partial charge in [0.15, 0.2) is 0 Å². The smallest absolute Gasteiger partial charge is 0.338 e. The van der Waals surface area contributed by atoms with Crippen molar-refractivity contribution in [1.82, 2.24) is 0 Å². The number of nitrogens with two attached hydrogens (primary N) is 1. The number of hydrogen-bond acceptors (Lipinski definition) is 5.